The quantitative estimate of drug-likeness (QED) is 0.812. The first kappa shape index (κ1) is 18.1. The number of carbonyl (C=O) groups excluding carboxylic acids is 1. The van der Waals surface area contributed by atoms with Gasteiger partial charge < -0.3 is 9.64 Å². The second-order valence-electron chi connectivity index (χ2n) is 7.49. The molecule has 2 heterocycles. The van der Waals surface area contributed by atoms with Crippen LogP contribution in [0, 0.1) is 5.92 Å². The highest BCUT2D eigenvalue weighted by atomic mass is 32.1. The topological polar surface area (TPSA) is 55.3 Å². The lowest BCUT2D eigenvalue weighted by molar-refractivity contribution is -0.137. The largest absolute Gasteiger partial charge is 0.467 e. The van der Waals surface area contributed by atoms with Crippen LogP contribution in [0.3, 0.4) is 0 Å². The Hall–Kier alpha value is -1.69. The molecule has 0 unspecified atom stereocenters. The van der Waals surface area contributed by atoms with Gasteiger partial charge in [-0.3, -0.25) is 4.79 Å². The Labute approximate surface area is 153 Å². The van der Waals surface area contributed by atoms with Crippen LogP contribution in [0.15, 0.2) is 6.33 Å². The van der Waals surface area contributed by atoms with Crippen molar-refractivity contribution in [3.8, 4) is 5.88 Å². The lowest BCUT2D eigenvalue weighted by Gasteiger charge is -2.30. The number of hydrogen-bond donors (Lipinski definition) is 0. The second-order valence-corrected chi connectivity index (χ2v) is 8.57. The van der Waals surface area contributed by atoms with Gasteiger partial charge in [0.2, 0.25) is 5.88 Å². The molecule has 2 aromatic heterocycles. The van der Waals surface area contributed by atoms with E-state index in [0.29, 0.717) is 11.8 Å². The number of aromatic nitrogens is 2. The highest BCUT2D eigenvalue weighted by Crippen LogP contribution is 2.40. The number of hydrogen-bond acceptors (Lipinski definition) is 5. The fourth-order valence-electron chi connectivity index (χ4n) is 3.73. The molecule has 0 fully saturated rings. The Morgan fingerprint density at radius 2 is 2.04 bits per heavy atom. The average molecular weight is 362 g/mol. The van der Waals surface area contributed by atoms with Crippen LogP contribution in [-0.4, -0.2) is 39.5 Å². The first-order valence-corrected chi connectivity index (χ1v) is 9.89. The Bertz CT molecular complexity index is 761. The summed E-state index contributed by atoms with van der Waals surface area (Å²) in [5.74, 6) is 1.26. The monoisotopic (exact) mass is 361 g/mol. The lowest BCUT2D eigenvalue weighted by Crippen LogP contribution is -2.44. The average Bonchev–Trinajstić information content (AvgIpc) is 2.89. The van der Waals surface area contributed by atoms with Crippen LogP contribution in [0.4, 0.5) is 0 Å². The zero-order chi connectivity index (χ0) is 18.1. The third kappa shape index (κ3) is 3.64. The summed E-state index contributed by atoms with van der Waals surface area (Å²) in [7, 11) is 0. The van der Waals surface area contributed by atoms with Gasteiger partial charge in [-0.1, -0.05) is 6.92 Å². The first-order chi connectivity index (χ1) is 11.9. The molecule has 25 heavy (non-hydrogen) atoms. The molecule has 2 aromatic rings. The number of amides is 1. The van der Waals surface area contributed by atoms with Crippen molar-refractivity contribution in [3.05, 3.63) is 16.8 Å². The summed E-state index contributed by atoms with van der Waals surface area (Å²) in [6.45, 7) is 10.4. The van der Waals surface area contributed by atoms with E-state index in [1.54, 1.807) is 11.3 Å². The molecule has 136 valence electrons. The predicted octanol–water partition coefficient (Wildman–Crippen LogP) is 3.84. The van der Waals surface area contributed by atoms with Crippen molar-refractivity contribution in [1.29, 1.82) is 0 Å². The van der Waals surface area contributed by atoms with Gasteiger partial charge in [-0.05, 0) is 58.4 Å². The van der Waals surface area contributed by atoms with Crippen LogP contribution in [0.5, 0.6) is 5.88 Å². The molecular formula is C19H27N3O2S. The summed E-state index contributed by atoms with van der Waals surface area (Å²) >= 11 is 1.74. The molecule has 0 radical (unpaired) electrons. The number of aryl methyl sites for hydroxylation is 1. The van der Waals surface area contributed by atoms with E-state index >= 15 is 0 Å². The van der Waals surface area contributed by atoms with E-state index in [2.05, 4.69) is 16.9 Å². The maximum Gasteiger partial charge on any atom is 0.261 e. The minimum Gasteiger partial charge on any atom is -0.467 e. The van der Waals surface area contributed by atoms with Gasteiger partial charge in [0.05, 0.1) is 5.39 Å². The molecule has 1 amide bonds. The van der Waals surface area contributed by atoms with Gasteiger partial charge in [-0.15, -0.1) is 11.3 Å². The molecule has 0 spiro atoms. The smallest absolute Gasteiger partial charge is 0.261 e. The fraction of sp³-hybridized carbons (Fsp3) is 0.632. The molecule has 1 aliphatic rings. The fourth-order valence-corrected chi connectivity index (χ4v) is 5.07. The Balaban J connectivity index is 1.84. The maximum absolute atomic E-state index is 12.6. The zero-order valence-corrected chi connectivity index (χ0v) is 16.5. The van der Waals surface area contributed by atoms with Gasteiger partial charge in [0.15, 0.2) is 6.61 Å². The molecule has 0 saturated heterocycles. The number of nitrogens with zero attached hydrogens (tertiary/aromatic N) is 3. The highest BCUT2D eigenvalue weighted by molar-refractivity contribution is 7.18. The van der Waals surface area contributed by atoms with Gasteiger partial charge >= 0.3 is 0 Å². The first-order valence-electron chi connectivity index (χ1n) is 9.07. The number of fused-ring (bicyclic) bond motifs is 3. The maximum atomic E-state index is 12.6. The molecule has 3 rings (SSSR count). The van der Waals surface area contributed by atoms with Crippen molar-refractivity contribution < 1.29 is 9.53 Å². The van der Waals surface area contributed by atoms with Gasteiger partial charge in [-0.25, -0.2) is 9.97 Å². The van der Waals surface area contributed by atoms with Crippen LogP contribution < -0.4 is 4.74 Å². The molecule has 1 atom stereocenters. The third-order valence-electron chi connectivity index (χ3n) is 4.79. The summed E-state index contributed by atoms with van der Waals surface area (Å²) in [4.78, 5) is 25.5. The van der Waals surface area contributed by atoms with Gasteiger partial charge in [-0.2, -0.15) is 0 Å². The standard InChI is InChI=1S/C19H27N3O2S/c1-11(2)22(12(3)4)16(23)9-24-18-17-14-7-6-13(5)8-15(14)25-19(17)21-10-20-18/h10-13H,6-9H2,1-5H3/t13-/m1/s1. The van der Waals surface area contributed by atoms with Crippen LogP contribution in [0.25, 0.3) is 10.2 Å². The summed E-state index contributed by atoms with van der Waals surface area (Å²) < 4.78 is 5.88. The van der Waals surface area contributed by atoms with Crippen molar-refractivity contribution >= 4 is 27.5 Å². The summed E-state index contributed by atoms with van der Waals surface area (Å²) in [5, 5.41) is 1.02. The molecule has 1 aliphatic carbocycles. The van der Waals surface area contributed by atoms with E-state index in [1.165, 1.54) is 23.2 Å². The van der Waals surface area contributed by atoms with E-state index in [9.17, 15) is 4.79 Å². The molecule has 0 aromatic carbocycles. The van der Waals surface area contributed by atoms with Crippen LogP contribution >= 0.6 is 11.3 Å². The third-order valence-corrected chi connectivity index (χ3v) is 5.95. The Morgan fingerprint density at radius 3 is 2.72 bits per heavy atom. The lowest BCUT2D eigenvalue weighted by atomic mass is 9.89. The zero-order valence-electron chi connectivity index (χ0n) is 15.7. The van der Waals surface area contributed by atoms with Gasteiger partial charge in [0.25, 0.3) is 5.91 Å². The van der Waals surface area contributed by atoms with Crippen LogP contribution in [-0.2, 0) is 17.6 Å². The van der Waals surface area contributed by atoms with Crippen molar-refractivity contribution in [2.24, 2.45) is 5.92 Å². The normalized spacial score (nSPS) is 17.2. The second kappa shape index (κ2) is 7.28. The van der Waals surface area contributed by atoms with Crippen molar-refractivity contribution in [2.45, 2.75) is 66.0 Å². The predicted molar refractivity (Wildman–Crippen MR) is 101 cm³/mol. The Kier molecular flexibility index (Phi) is 5.27. The van der Waals surface area contributed by atoms with E-state index < -0.39 is 0 Å². The van der Waals surface area contributed by atoms with E-state index in [-0.39, 0.29) is 24.6 Å². The van der Waals surface area contributed by atoms with Crippen molar-refractivity contribution in [3.63, 3.8) is 0 Å². The van der Waals surface area contributed by atoms with E-state index in [0.717, 1.165) is 23.1 Å². The summed E-state index contributed by atoms with van der Waals surface area (Å²) in [6, 6.07) is 0.300. The summed E-state index contributed by atoms with van der Waals surface area (Å²) in [6.07, 6.45) is 4.86. The van der Waals surface area contributed by atoms with Gasteiger partial charge in [0.1, 0.15) is 11.2 Å². The molecular weight excluding hydrogens is 334 g/mol. The number of rotatable bonds is 5. The molecule has 0 saturated carbocycles. The van der Waals surface area contributed by atoms with Crippen molar-refractivity contribution in [1.82, 2.24) is 14.9 Å². The number of ether oxygens (including phenoxy) is 1. The molecule has 0 aliphatic heterocycles. The van der Waals surface area contributed by atoms with Crippen molar-refractivity contribution in [2.75, 3.05) is 6.61 Å². The van der Waals surface area contributed by atoms with E-state index in [1.807, 2.05) is 32.6 Å². The molecule has 0 bridgehead atoms. The van der Waals surface area contributed by atoms with Crippen LogP contribution in [0.2, 0.25) is 0 Å². The summed E-state index contributed by atoms with van der Waals surface area (Å²) in [5.41, 5.74) is 1.32. The minimum atomic E-state index is -0.00511. The number of carbonyl (C=O) groups is 1. The molecule has 5 nitrogen and oxygen atoms in total. The Morgan fingerprint density at radius 1 is 1.32 bits per heavy atom. The molecule has 0 N–H and O–H groups in total. The van der Waals surface area contributed by atoms with Crippen LogP contribution in [0.1, 0.15) is 51.5 Å². The van der Waals surface area contributed by atoms with Gasteiger partial charge in [0, 0.05) is 17.0 Å². The SMILES string of the molecule is CC(C)N(C(=O)COc1ncnc2sc3c(c12)CC[C@@H](C)C3)C(C)C. The van der Waals surface area contributed by atoms with E-state index in [4.69, 9.17) is 4.74 Å². The highest BCUT2D eigenvalue weighted by Gasteiger charge is 2.25. The molecule has 6 heteroatoms. The minimum absolute atomic E-state index is 0.00511. The number of thiophene rings is 1.